The van der Waals surface area contributed by atoms with Gasteiger partial charge < -0.3 is 9.47 Å². The van der Waals surface area contributed by atoms with E-state index in [2.05, 4.69) is 5.10 Å². The van der Waals surface area contributed by atoms with Gasteiger partial charge in [-0.2, -0.15) is 5.10 Å². The van der Waals surface area contributed by atoms with Crippen molar-refractivity contribution in [2.45, 2.75) is 12.4 Å². The molecule has 0 saturated heterocycles. The highest BCUT2D eigenvalue weighted by atomic mass is 32.2. The van der Waals surface area contributed by atoms with E-state index in [0.29, 0.717) is 10.6 Å². The van der Waals surface area contributed by atoms with Crippen LogP contribution in [-0.2, 0) is 14.3 Å². The van der Waals surface area contributed by atoms with Crippen molar-refractivity contribution in [3.63, 3.8) is 0 Å². The Balaban J connectivity index is 1.96. The van der Waals surface area contributed by atoms with Gasteiger partial charge in [-0.25, -0.2) is 18.6 Å². The number of nitrogens with zero attached hydrogens (tertiary/aromatic N) is 3. The number of thioether (sulfide) groups is 1. The standard InChI is InChI=1S/C16H15F2N3O3S/c1-9-14(10(7-23-2)15(22)24-3)25-16-20(8-19-21(9)16)13-11(17)5-4-6-12(13)18/h4-8,16H,1-3H3/b10-7-. The lowest BCUT2D eigenvalue weighted by atomic mass is 10.2. The van der Waals surface area contributed by atoms with E-state index in [4.69, 9.17) is 9.47 Å². The first kappa shape index (κ1) is 17.3. The van der Waals surface area contributed by atoms with Gasteiger partial charge in [0.05, 0.1) is 26.2 Å². The van der Waals surface area contributed by atoms with Gasteiger partial charge in [0, 0.05) is 4.91 Å². The molecule has 1 unspecified atom stereocenters. The third-order valence-electron chi connectivity index (χ3n) is 3.72. The van der Waals surface area contributed by atoms with E-state index in [0.717, 1.165) is 0 Å². The molecule has 0 bridgehead atoms. The van der Waals surface area contributed by atoms with Crippen molar-refractivity contribution in [3.8, 4) is 0 Å². The lowest BCUT2D eigenvalue weighted by molar-refractivity contribution is -0.135. The molecule has 0 radical (unpaired) electrons. The SMILES string of the molecule is CO/C=C(\C(=O)OC)C1=C(C)N2N=CN(c3c(F)cccc3F)C2S1. The Labute approximate surface area is 147 Å². The van der Waals surface area contributed by atoms with Gasteiger partial charge in [0.2, 0.25) is 0 Å². The van der Waals surface area contributed by atoms with Crippen LogP contribution in [0.4, 0.5) is 14.5 Å². The normalized spacial score (nSPS) is 19.6. The van der Waals surface area contributed by atoms with Crippen LogP contribution < -0.4 is 4.90 Å². The van der Waals surface area contributed by atoms with Crippen LogP contribution >= 0.6 is 11.8 Å². The van der Waals surface area contributed by atoms with Crippen molar-refractivity contribution in [1.29, 1.82) is 0 Å². The molecule has 0 saturated carbocycles. The van der Waals surface area contributed by atoms with Crippen LogP contribution in [0.3, 0.4) is 0 Å². The molecule has 0 fully saturated rings. The van der Waals surface area contributed by atoms with E-state index in [1.54, 1.807) is 11.9 Å². The van der Waals surface area contributed by atoms with Crippen molar-refractivity contribution in [1.82, 2.24) is 5.01 Å². The monoisotopic (exact) mass is 367 g/mol. The molecule has 0 aliphatic carbocycles. The van der Waals surface area contributed by atoms with Gasteiger partial charge in [0.1, 0.15) is 29.2 Å². The van der Waals surface area contributed by atoms with Gasteiger partial charge in [-0.1, -0.05) is 17.8 Å². The maximum Gasteiger partial charge on any atom is 0.342 e. The van der Waals surface area contributed by atoms with Gasteiger partial charge in [-0.3, -0.25) is 4.90 Å². The highest BCUT2D eigenvalue weighted by Gasteiger charge is 2.42. The lowest BCUT2D eigenvalue weighted by Gasteiger charge is -2.25. The van der Waals surface area contributed by atoms with Crippen LogP contribution in [0.25, 0.3) is 0 Å². The van der Waals surface area contributed by atoms with Crippen LogP contribution in [0.15, 0.2) is 45.7 Å². The number of halogens is 2. The number of carbonyl (C=O) groups excluding carboxylic acids is 1. The smallest absolute Gasteiger partial charge is 0.342 e. The van der Waals surface area contributed by atoms with E-state index in [-0.39, 0.29) is 11.3 Å². The number of esters is 1. The Morgan fingerprint density at radius 2 is 2.00 bits per heavy atom. The molecular weight excluding hydrogens is 352 g/mol. The Morgan fingerprint density at radius 3 is 2.60 bits per heavy atom. The quantitative estimate of drug-likeness (QED) is 0.463. The Morgan fingerprint density at radius 1 is 1.32 bits per heavy atom. The van der Waals surface area contributed by atoms with E-state index < -0.39 is 23.1 Å². The highest BCUT2D eigenvalue weighted by molar-refractivity contribution is 8.04. The number of hydrogen-bond acceptors (Lipinski definition) is 7. The molecule has 3 rings (SSSR count). The fraction of sp³-hybridized carbons (Fsp3) is 0.250. The number of carbonyl (C=O) groups is 1. The van der Waals surface area contributed by atoms with Crippen LogP contribution in [0, 0.1) is 11.6 Å². The number of ether oxygens (including phenoxy) is 2. The second-order valence-corrected chi connectivity index (χ2v) is 6.24. The average Bonchev–Trinajstić information content (AvgIpc) is 3.13. The Hall–Kier alpha value is -2.55. The molecule has 6 nitrogen and oxygen atoms in total. The summed E-state index contributed by atoms with van der Waals surface area (Å²) in [5.74, 6) is -1.96. The molecule has 2 heterocycles. The summed E-state index contributed by atoms with van der Waals surface area (Å²) < 4.78 is 38.0. The number of para-hydroxylation sites is 1. The second kappa shape index (κ2) is 6.75. The Bertz CT molecular complexity index is 790. The molecule has 1 aromatic rings. The molecule has 0 N–H and O–H groups in total. The highest BCUT2D eigenvalue weighted by Crippen LogP contribution is 2.47. The number of methoxy groups -OCH3 is 2. The number of allylic oxidation sites excluding steroid dienone is 1. The fourth-order valence-corrected chi connectivity index (χ4v) is 3.90. The number of anilines is 1. The first-order valence-corrected chi connectivity index (χ1v) is 8.12. The third-order valence-corrected chi connectivity index (χ3v) is 5.11. The van der Waals surface area contributed by atoms with Gasteiger partial charge in [-0.05, 0) is 19.1 Å². The molecule has 0 aromatic heterocycles. The first-order chi connectivity index (χ1) is 12.0. The first-order valence-electron chi connectivity index (χ1n) is 7.24. The zero-order chi connectivity index (χ0) is 18.1. The zero-order valence-corrected chi connectivity index (χ0v) is 14.5. The molecule has 0 amide bonds. The maximum absolute atomic E-state index is 14.1. The van der Waals surface area contributed by atoms with Gasteiger partial charge in [0.15, 0.2) is 5.50 Å². The summed E-state index contributed by atoms with van der Waals surface area (Å²) in [6.45, 7) is 1.76. The summed E-state index contributed by atoms with van der Waals surface area (Å²) in [6, 6.07) is 3.66. The van der Waals surface area contributed by atoms with Crippen LogP contribution in [0.1, 0.15) is 6.92 Å². The van der Waals surface area contributed by atoms with E-state index in [9.17, 15) is 13.6 Å². The number of benzene rings is 1. The topological polar surface area (TPSA) is 54.4 Å². The van der Waals surface area contributed by atoms with Crippen LogP contribution in [-0.4, -0.2) is 37.0 Å². The van der Waals surface area contributed by atoms with Crippen molar-refractivity contribution >= 4 is 29.8 Å². The predicted molar refractivity (Wildman–Crippen MR) is 90.4 cm³/mol. The van der Waals surface area contributed by atoms with Gasteiger partial charge in [0.25, 0.3) is 0 Å². The molecule has 1 aromatic carbocycles. The summed E-state index contributed by atoms with van der Waals surface area (Å²) in [6.07, 6.45) is 2.63. The minimum atomic E-state index is -0.694. The molecule has 2 aliphatic heterocycles. The zero-order valence-electron chi connectivity index (χ0n) is 13.7. The van der Waals surface area contributed by atoms with Crippen molar-refractivity contribution < 1.29 is 23.0 Å². The number of hydrogen-bond donors (Lipinski definition) is 0. The number of hydrazone groups is 1. The summed E-state index contributed by atoms with van der Waals surface area (Å²) in [7, 11) is 2.68. The molecule has 9 heteroatoms. The molecule has 1 atom stereocenters. The number of rotatable bonds is 4. The van der Waals surface area contributed by atoms with Crippen molar-refractivity contribution in [3.05, 3.63) is 52.3 Å². The Kier molecular flexibility index (Phi) is 4.67. The van der Waals surface area contributed by atoms with Gasteiger partial charge >= 0.3 is 5.97 Å². The summed E-state index contributed by atoms with van der Waals surface area (Å²) in [5, 5.41) is 5.78. The molecule has 2 aliphatic rings. The molecule has 25 heavy (non-hydrogen) atoms. The van der Waals surface area contributed by atoms with Crippen molar-refractivity contribution in [2.75, 3.05) is 19.1 Å². The average molecular weight is 367 g/mol. The minimum absolute atomic E-state index is 0.198. The van der Waals surface area contributed by atoms with Crippen molar-refractivity contribution in [2.24, 2.45) is 5.10 Å². The maximum atomic E-state index is 14.1. The largest absolute Gasteiger partial charge is 0.503 e. The third kappa shape index (κ3) is 2.84. The fourth-order valence-electron chi connectivity index (χ4n) is 2.58. The number of fused-ring (bicyclic) bond motifs is 1. The van der Waals surface area contributed by atoms with Gasteiger partial charge in [-0.15, -0.1) is 0 Å². The molecule has 132 valence electrons. The lowest BCUT2D eigenvalue weighted by Crippen LogP contribution is -2.34. The van der Waals surface area contributed by atoms with E-state index >= 15 is 0 Å². The summed E-state index contributed by atoms with van der Waals surface area (Å²) in [5.41, 5.74) is 0.118. The van der Waals surface area contributed by atoms with E-state index in [1.165, 1.54) is 61.7 Å². The summed E-state index contributed by atoms with van der Waals surface area (Å²) in [4.78, 5) is 14.0. The minimum Gasteiger partial charge on any atom is -0.503 e. The van der Waals surface area contributed by atoms with E-state index in [1.807, 2.05) is 0 Å². The second-order valence-electron chi connectivity index (χ2n) is 5.17. The predicted octanol–water partition coefficient (Wildman–Crippen LogP) is 3.00. The van der Waals surface area contributed by atoms with Crippen LogP contribution in [0.5, 0.6) is 0 Å². The molecule has 0 spiro atoms. The van der Waals surface area contributed by atoms with Crippen LogP contribution in [0.2, 0.25) is 0 Å². The molecular formula is C16H15F2N3O3S. The summed E-state index contributed by atoms with van der Waals surface area (Å²) >= 11 is 1.23.